The minimum absolute atomic E-state index is 0.0853. The second kappa shape index (κ2) is 11.6. The third-order valence-corrected chi connectivity index (χ3v) is 9.84. The molecular weight excluding hydrogens is 522 g/mol. The van der Waals surface area contributed by atoms with Crippen LogP contribution in [0.4, 0.5) is 5.69 Å². The highest BCUT2D eigenvalue weighted by Crippen LogP contribution is 2.66. The number of likely N-dealkylation sites (N-methyl/N-ethyl adjacent to an activating group) is 1. The van der Waals surface area contributed by atoms with Gasteiger partial charge in [0, 0.05) is 25.8 Å². The molecule has 1 N–H and O–H groups in total. The lowest BCUT2D eigenvalue weighted by Crippen LogP contribution is -2.60. The number of aliphatic hydroxyl groups is 1. The van der Waals surface area contributed by atoms with E-state index >= 15 is 0 Å². The molecule has 3 aliphatic heterocycles. The molecule has 224 valence electrons. The first-order valence-electron chi connectivity index (χ1n) is 14.5. The summed E-state index contributed by atoms with van der Waals surface area (Å²) in [6.45, 7) is 15.7. The second-order valence-electron chi connectivity index (χ2n) is 12.0. The molecule has 3 unspecified atom stereocenters. The van der Waals surface area contributed by atoms with E-state index in [1.54, 1.807) is 65.3 Å². The zero-order chi connectivity index (χ0) is 30.3. The highest BCUT2D eigenvalue weighted by Gasteiger charge is 2.80. The van der Waals surface area contributed by atoms with Crippen LogP contribution in [0.5, 0.6) is 5.75 Å². The van der Waals surface area contributed by atoms with E-state index in [1.807, 2.05) is 27.7 Å². The number of carbonyl (C=O) groups is 3. The molecule has 9 nitrogen and oxygen atoms in total. The van der Waals surface area contributed by atoms with Crippen molar-refractivity contribution < 1.29 is 29.0 Å². The van der Waals surface area contributed by atoms with Crippen LogP contribution in [-0.2, 0) is 19.1 Å². The third kappa shape index (κ3) is 4.67. The minimum Gasteiger partial charge on any atom is -0.497 e. The van der Waals surface area contributed by atoms with Crippen LogP contribution in [0.1, 0.15) is 40.5 Å². The molecule has 0 aliphatic carbocycles. The van der Waals surface area contributed by atoms with Crippen LogP contribution in [0.15, 0.2) is 49.6 Å². The molecule has 1 spiro atoms. The quantitative estimate of drug-likeness (QED) is 0.389. The number of likely N-dealkylation sites (tertiary alicyclic amines) is 1. The van der Waals surface area contributed by atoms with Crippen LogP contribution in [0.25, 0.3) is 0 Å². The summed E-state index contributed by atoms with van der Waals surface area (Å²) in [7, 11) is 3.27. The average molecular weight is 568 g/mol. The van der Waals surface area contributed by atoms with Gasteiger partial charge in [-0.05, 0) is 49.4 Å². The van der Waals surface area contributed by atoms with Gasteiger partial charge in [-0.15, -0.1) is 13.2 Å². The number of methoxy groups -OCH3 is 1. The van der Waals surface area contributed by atoms with Crippen LogP contribution < -0.4 is 9.64 Å². The lowest BCUT2D eigenvalue weighted by atomic mass is 9.62. The number of amides is 3. The van der Waals surface area contributed by atoms with E-state index in [0.717, 1.165) is 0 Å². The summed E-state index contributed by atoms with van der Waals surface area (Å²) >= 11 is 0. The average Bonchev–Trinajstić information content (AvgIpc) is 3.48. The number of carbonyl (C=O) groups excluding carboxylic acids is 3. The van der Waals surface area contributed by atoms with Crippen molar-refractivity contribution in [2.75, 3.05) is 38.8 Å². The smallest absolute Gasteiger partial charge is 0.253 e. The highest BCUT2D eigenvalue weighted by atomic mass is 16.5. The molecule has 4 rings (SSSR count). The zero-order valence-corrected chi connectivity index (χ0v) is 25.2. The van der Waals surface area contributed by atoms with Gasteiger partial charge in [0.25, 0.3) is 5.91 Å². The number of ether oxygens (including phenoxy) is 2. The number of hydrogen-bond donors (Lipinski definition) is 1. The predicted molar refractivity (Wildman–Crippen MR) is 157 cm³/mol. The fourth-order valence-corrected chi connectivity index (χ4v) is 7.39. The number of hydrogen-bond acceptors (Lipinski definition) is 6. The van der Waals surface area contributed by atoms with Gasteiger partial charge in [0.15, 0.2) is 0 Å². The van der Waals surface area contributed by atoms with Crippen LogP contribution in [0.3, 0.4) is 0 Å². The molecular formula is C32H45N3O6. The topological polar surface area (TPSA) is 99.6 Å². The van der Waals surface area contributed by atoms with Crippen molar-refractivity contribution in [2.24, 2.45) is 23.7 Å². The Morgan fingerprint density at radius 3 is 2.39 bits per heavy atom. The lowest BCUT2D eigenvalue weighted by molar-refractivity contribution is -0.154. The van der Waals surface area contributed by atoms with Gasteiger partial charge in [-0.1, -0.05) is 39.3 Å². The first-order chi connectivity index (χ1) is 19.5. The van der Waals surface area contributed by atoms with Gasteiger partial charge >= 0.3 is 0 Å². The van der Waals surface area contributed by atoms with Crippen molar-refractivity contribution >= 4 is 23.4 Å². The normalized spacial score (nSPS) is 31.4. The van der Waals surface area contributed by atoms with E-state index in [9.17, 15) is 19.5 Å². The highest BCUT2D eigenvalue weighted by molar-refractivity contribution is 6.05. The first-order valence-corrected chi connectivity index (χ1v) is 14.5. The molecule has 3 heterocycles. The number of fused-ring (bicyclic) bond motifs is 1. The van der Waals surface area contributed by atoms with Gasteiger partial charge in [0.05, 0.1) is 37.2 Å². The summed E-state index contributed by atoms with van der Waals surface area (Å²) in [4.78, 5) is 48.1. The summed E-state index contributed by atoms with van der Waals surface area (Å²) in [5.74, 6) is -1.98. The molecule has 3 saturated heterocycles. The predicted octanol–water partition coefficient (Wildman–Crippen LogP) is 3.28. The fourth-order valence-electron chi connectivity index (χ4n) is 7.39. The minimum atomic E-state index is -1.22. The van der Waals surface area contributed by atoms with Crippen molar-refractivity contribution in [3.05, 3.63) is 49.6 Å². The third-order valence-electron chi connectivity index (χ3n) is 9.84. The maximum atomic E-state index is 14.8. The monoisotopic (exact) mass is 567 g/mol. The van der Waals surface area contributed by atoms with Crippen molar-refractivity contribution in [3.63, 3.8) is 0 Å². The Kier molecular flexibility index (Phi) is 8.71. The van der Waals surface area contributed by atoms with Gasteiger partial charge < -0.3 is 29.3 Å². The van der Waals surface area contributed by atoms with Crippen molar-refractivity contribution in [1.82, 2.24) is 9.80 Å². The van der Waals surface area contributed by atoms with Gasteiger partial charge in [0.1, 0.15) is 17.4 Å². The van der Waals surface area contributed by atoms with Gasteiger partial charge in [-0.25, -0.2) is 0 Å². The molecule has 1 aromatic rings. The molecule has 2 bridgehead atoms. The molecule has 3 fully saturated rings. The Labute approximate surface area is 243 Å². The largest absolute Gasteiger partial charge is 0.497 e. The number of rotatable bonds is 12. The molecule has 8 atom stereocenters. The molecule has 41 heavy (non-hydrogen) atoms. The Hall–Kier alpha value is -3.17. The van der Waals surface area contributed by atoms with E-state index < -0.39 is 35.1 Å². The molecule has 9 heteroatoms. The first kappa shape index (κ1) is 30.8. The van der Waals surface area contributed by atoms with E-state index in [0.29, 0.717) is 30.8 Å². The standard InChI is InChI=1S/C32H45N3O6/c1-9-16-33(7)28(37)25-26-29(38)35(24(19-36)20(4)11-3)27(32(26)18-21(5)31(25,6)41-32)30(39)34(17-10-2)22-12-14-23(40-8)15-13-22/h9-10,12-15,20-21,24-27,36H,1-2,11,16-19H2,3-8H3/t20-,21?,24-,25+,26-,27?,31-,32?/m0/s1. The Bertz CT molecular complexity index is 1190. The van der Waals surface area contributed by atoms with Crippen molar-refractivity contribution in [2.45, 2.75) is 63.8 Å². The van der Waals surface area contributed by atoms with Crippen molar-refractivity contribution in [3.8, 4) is 5.75 Å². The van der Waals surface area contributed by atoms with Crippen LogP contribution in [-0.4, -0.2) is 89.8 Å². The van der Waals surface area contributed by atoms with E-state index in [2.05, 4.69) is 13.2 Å². The molecule has 3 aliphatic rings. The summed E-state index contributed by atoms with van der Waals surface area (Å²) < 4.78 is 12.2. The summed E-state index contributed by atoms with van der Waals surface area (Å²) in [6, 6.07) is 5.50. The van der Waals surface area contributed by atoms with E-state index in [-0.39, 0.29) is 42.7 Å². The molecule has 0 radical (unpaired) electrons. The Balaban J connectivity index is 1.89. The van der Waals surface area contributed by atoms with E-state index in [4.69, 9.17) is 9.47 Å². The number of benzene rings is 1. The fraction of sp³-hybridized carbons (Fsp3) is 0.594. The van der Waals surface area contributed by atoms with E-state index in [1.165, 1.54) is 0 Å². The SMILES string of the molecule is C=CCN(C)C(=O)[C@H]1[C@H]2C(=O)N([C@@H](CO)[C@@H](C)CC)C(C(=O)N(CC=C)c3ccc(OC)cc3)C23CC(C)[C@]1(C)O3. The van der Waals surface area contributed by atoms with Crippen LogP contribution in [0.2, 0.25) is 0 Å². The molecule has 0 saturated carbocycles. The van der Waals surface area contributed by atoms with Crippen LogP contribution >= 0.6 is 0 Å². The lowest BCUT2D eigenvalue weighted by Gasteiger charge is -2.41. The summed E-state index contributed by atoms with van der Waals surface area (Å²) in [6.07, 6.45) is 4.44. The number of nitrogens with zero attached hydrogens (tertiary/aromatic N) is 3. The Morgan fingerprint density at radius 1 is 1.22 bits per heavy atom. The summed E-state index contributed by atoms with van der Waals surface area (Å²) in [5.41, 5.74) is -1.52. The van der Waals surface area contributed by atoms with Crippen LogP contribution in [0, 0.1) is 23.7 Å². The van der Waals surface area contributed by atoms with Crippen molar-refractivity contribution in [1.29, 1.82) is 0 Å². The maximum absolute atomic E-state index is 14.8. The molecule has 0 aromatic heterocycles. The van der Waals surface area contributed by atoms with Gasteiger partial charge in [-0.3, -0.25) is 14.4 Å². The zero-order valence-electron chi connectivity index (χ0n) is 25.2. The van der Waals surface area contributed by atoms with Gasteiger partial charge in [-0.2, -0.15) is 0 Å². The maximum Gasteiger partial charge on any atom is 0.253 e. The molecule has 3 amide bonds. The number of aliphatic hydroxyl groups excluding tert-OH is 1. The summed E-state index contributed by atoms with van der Waals surface area (Å²) in [5, 5.41) is 10.6. The number of anilines is 1. The van der Waals surface area contributed by atoms with Gasteiger partial charge in [0.2, 0.25) is 11.8 Å². The molecule has 1 aromatic carbocycles. The second-order valence-corrected chi connectivity index (χ2v) is 12.0. The Morgan fingerprint density at radius 2 is 1.85 bits per heavy atom.